The van der Waals surface area contributed by atoms with Gasteiger partial charge < -0.3 is 5.32 Å². The fourth-order valence-electron chi connectivity index (χ4n) is 1.36. The number of carbonyl (C=O) groups excluding carboxylic acids is 1. The first kappa shape index (κ1) is 12.2. The molecular formula is C10H18ClNOS. The molecule has 1 heterocycles. The van der Waals surface area contributed by atoms with Crippen LogP contribution in [-0.2, 0) is 4.79 Å². The van der Waals surface area contributed by atoms with Crippen LogP contribution in [0.4, 0.5) is 0 Å². The van der Waals surface area contributed by atoms with Crippen molar-refractivity contribution in [3.05, 3.63) is 0 Å². The highest BCUT2D eigenvalue weighted by Crippen LogP contribution is 2.23. The van der Waals surface area contributed by atoms with E-state index >= 15 is 0 Å². The quantitative estimate of drug-likeness (QED) is 0.757. The molecule has 82 valence electrons. The molecule has 4 heteroatoms. The highest BCUT2D eigenvalue weighted by molar-refractivity contribution is 7.99. The maximum absolute atomic E-state index is 11.7. The number of alkyl halides is 1. The van der Waals surface area contributed by atoms with Crippen LogP contribution in [0.15, 0.2) is 0 Å². The zero-order valence-electron chi connectivity index (χ0n) is 8.75. The van der Waals surface area contributed by atoms with E-state index in [0.29, 0.717) is 11.8 Å². The van der Waals surface area contributed by atoms with Crippen molar-refractivity contribution in [1.82, 2.24) is 5.32 Å². The molecule has 0 aromatic carbocycles. The zero-order chi connectivity index (χ0) is 10.6. The van der Waals surface area contributed by atoms with Gasteiger partial charge in [0.1, 0.15) is 0 Å². The van der Waals surface area contributed by atoms with Gasteiger partial charge in [0.2, 0.25) is 5.91 Å². The van der Waals surface area contributed by atoms with Crippen LogP contribution in [0.1, 0.15) is 20.3 Å². The van der Waals surface area contributed by atoms with Gasteiger partial charge in [-0.05, 0) is 25.0 Å². The molecule has 0 bridgehead atoms. The summed E-state index contributed by atoms with van der Waals surface area (Å²) in [4.78, 5) is 11.7. The molecule has 14 heavy (non-hydrogen) atoms. The van der Waals surface area contributed by atoms with Gasteiger partial charge in [0.25, 0.3) is 0 Å². The molecule has 0 radical (unpaired) electrons. The molecular weight excluding hydrogens is 218 g/mol. The van der Waals surface area contributed by atoms with Gasteiger partial charge in [0, 0.05) is 23.6 Å². The summed E-state index contributed by atoms with van der Waals surface area (Å²) in [5.41, 5.74) is 0. The zero-order valence-corrected chi connectivity index (χ0v) is 10.3. The van der Waals surface area contributed by atoms with Gasteiger partial charge in [-0.2, -0.15) is 11.8 Å². The Morgan fingerprint density at radius 1 is 1.64 bits per heavy atom. The van der Waals surface area contributed by atoms with Crippen molar-refractivity contribution in [2.24, 2.45) is 11.8 Å². The van der Waals surface area contributed by atoms with Crippen LogP contribution in [0.5, 0.6) is 0 Å². The number of nitrogens with one attached hydrogen (secondary N) is 1. The molecule has 2 nitrogen and oxygen atoms in total. The van der Waals surface area contributed by atoms with Gasteiger partial charge in [0.15, 0.2) is 0 Å². The predicted molar refractivity (Wildman–Crippen MR) is 62.9 cm³/mol. The Labute approximate surface area is 95.2 Å². The van der Waals surface area contributed by atoms with Crippen molar-refractivity contribution in [1.29, 1.82) is 0 Å². The second-order valence-electron chi connectivity index (χ2n) is 3.99. The number of amides is 1. The first-order valence-corrected chi connectivity index (χ1v) is 6.78. The fraction of sp³-hybridized carbons (Fsp3) is 0.900. The summed E-state index contributed by atoms with van der Waals surface area (Å²) in [6, 6.07) is 0.186. The first-order valence-electron chi connectivity index (χ1n) is 5.09. The van der Waals surface area contributed by atoms with Gasteiger partial charge in [0.05, 0.1) is 0 Å². The molecule has 1 N–H and O–H groups in total. The Hall–Kier alpha value is 0.110. The SMILES string of the molecule is CC(CCl)C(C)NC(=O)C1CCSC1. The summed E-state index contributed by atoms with van der Waals surface area (Å²) in [7, 11) is 0. The smallest absolute Gasteiger partial charge is 0.224 e. The van der Waals surface area contributed by atoms with Crippen molar-refractivity contribution in [2.45, 2.75) is 26.3 Å². The fourth-order valence-corrected chi connectivity index (χ4v) is 2.85. The van der Waals surface area contributed by atoms with Crippen LogP contribution >= 0.6 is 23.4 Å². The van der Waals surface area contributed by atoms with E-state index < -0.39 is 0 Å². The van der Waals surface area contributed by atoms with Gasteiger partial charge >= 0.3 is 0 Å². The molecule has 0 saturated carbocycles. The summed E-state index contributed by atoms with van der Waals surface area (Å²) in [6.07, 6.45) is 1.03. The number of hydrogen-bond donors (Lipinski definition) is 1. The number of hydrogen-bond acceptors (Lipinski definition) is 2. The minimum atomic E-state index is 0.186. The lowest BCUT2D eigenvalue weighted by Gasteiger charge is -2.20. The van der Waals surface area contributed by atoms with E-state index in [1.54, 1.807) is 0 Å². The summed E-state index contributed by atoms with van der Waals surface area (Å²) in [5, 5.41) is 3.04. The molecule has 1 fully saturated rings. The highest BCUT2D eigenvalue weighted by Gasteiger charge is 2.25. The molecule has 1 amide bonds. The molecule has 1 aliphatic rings. The molecule has 3 atom stereocenters. The van der Waals surface area contributed by atoms with Gasteiger partial charge in [-0.3, -0.25) is 4.79 Å². The normalized spacial score (nSPS) is 25.8. The Balaban J connectivity index is 2.31. The van der Waals surface area contributed by atoms with Crippen LogP contribution in [-0.4, -0.2) is 29.3 Å². The summed E-state index contributed by atoms with van der Waals surface area (Å²) < 4.78 is 0. The van der Waals surface area contributed by atoms with Crippen LogP contribution in [0.25, 0.3) is 0 Å². The average molecular weight is 236 g/mol. The van der Waals surface area contributed by atoms with Crippen molar-refractivity contribution in [3.63, 3.8) is 0 Å². The minimum Gasteiger partial charge on any atom is -0.353 e. The van der Waals surface area contributed by atoms with Crippen molar-refractivity contribution in [3.8, 4) is 0 Å². The van der Waals surface area contributed by atoms with Gasteiger partial charge in [-0.25, -0.2) is 0 Å². The lowest BCUT2D eigenvalue weighted by Crippen LogP contribution is -2.41. The topological polar surface area (TPSA) is 29.1 Å². The molecule has 0 aromatic heterocycles. The van der Waals surface area contributed by atoms with E-state index in [-0.39, 0.29) is 17.9 Å². The molecule has 1 rings (SSSR count). The average Bonchev–Trinajstić information content (AvgIpc) is 2.69. The molecule has 1 saturated heterocycles. The maximum atomic E-state index is 11.7. The Morgan fingerprint density at radius 2 is 2.36 bits per heavy atom. The van der Waals surface area contributed by atoms with E-state index in [9.17, 15) is 4.79 Å². The van der Waals surface area contributed by atoms with Crippen molar-refractivity contribution >= 4 is 29.3 Å². The van der Waals surface area contributed by atoms with Crippen LogP contribution in [0.3, 0.4) is 0 Å². The standard InChI is InChI=1S/C10H18ClNOS/c1-7(5-11)8(2)12-10(13)9-3-4-14-6-9/h7-9H,3-6H2,1-2H3,(H,12,13). The molecule has 3 unspecified atom stereocenters. The lowest BCUT2D eigenvalue weighted by atomic mass is 10.0. The van der Waals surface area contributed by atoms with Crippen LogP contribution in [0.2, 0.25) is 0 Å². The summed E-state index contributed by atoms with van der Waals surface area (Å²) in [5.74, 6) is 3.48. The molecule has 1 aliphatic heterocycles. The van der Waals surface area contributed by atoms with Crippen LogP contribution < -0.4 is 5.32 Å². The van der Waals surface area contributed by atoms with Crippen LogP contribution in [0, 0.1) is 11.8 Å². The van der Waals surface area contributed by atoms with Gasteiger partial charge in [-0.1, -0.05) is 6.92 Å². The highest BCUT2D eigenvalue weighted by atomic mass is 35.5. The van der Waals surface area contributed by atoms with E-state index in [1.807, 2.05) is 18.7 Å². The molecule has 0 aromatic rings. The maximum Gasteiger partial charge on any atom is 0.224 e. The predicted octanol–water partition coefficient (Wildman–Crippen LogP) is 2.12. The second kappa shape index (κ2) is 5.86. The summed E-state index contributed by atoms with van der Waals surface area (Å²) in [6.45, 7) is 4.08. The van der Waals surface area contributed by atoms with E-state index in [2.05, 4.69) is 12.2 Å². The van der Waals surface area contributed by atoms with E-state index in [1.165, 1.54) is 0 Å². The monoisotopic (exact) mass is 235 g/mol. The van der Waals surface area contributed by atoms with E-state index in [0.717, 1.165) is 17.9 Å². The minimum absolute atomic E-state index is 0.186. The summed E-state index contributed by atoms with van der Waals surface area (Å²) >= 11 is 7.60. The van der Waals surface area contributed by atoms with Gasteiger partial charge in [-0.15, -0.1) is 11.6 Å². The lowest BCUT2D eigenvalue weighted by molar-refractivity contribution is -0.125. The third kappa shape index (κ3) is 3.35. The first-order chi connectivity index (χ1) is 6.65. The van der Waals surface area contributed by atoms with E-state index in [4.69, 9.17) is 11.6 Å². The van der Waals surface area contributed by atoms with Crippen molar-refractivity contribution in [2.75, 3.05) is 17.4 Å². The molecule has 0 aliphatic carbocycles. The van der Waals surface area contributed by atoms with Crippen molar-refractivity contribution < 1.29 is 4.79 Å². The number of halogens is 1. The largest absolute Gasteiger partial charge is 0.353 e. The Morgan fingerprint density at radius 3 is 2.86 bits per heavy atom. The third-order valence-electron chi connectivity index (χ3n) is 2.77. The Bertz CT molecular complexity index is 195. The third-order valence-corrected chi connectivity index (χ3v) is 4.42. The number of carbonyl (C=O) groups is 1. The second-order valence-corrected chi connectivity index (χ2v) is 5.45. The number of thioether (sulfide) groups is 1. The number of rotatable bonds is 4. The Kier molecular flexibility index (Phi) is 5.10. The molecule has 0 spiro atoms.